The number of rotatable bonds is 5. The first-order chi connectivity index (χ1) is 11.9. The molecule has 0 radical (unpaired) electrons. The van der Waals surface area contributed by atoms with Gasteiger partial charge in [-0.25, -0.2) is 0 Å². The quantitative estimate of drug-likeness (QED) is 0.760. The Morgan fingerprint density at radius 2 is 2.00 bits per heavy atom. The molecule has 1 aromatic rings. The van der Waals surface area contributed by atoms with Crippen LogP contribution in [0.25, 0.3) is 0 Å². The Morgan fingerprint density at radius 1 is 1.32 bits per heavy atom. The summed E-state index contributed by atoms with van der Waals surface area (Å²) in [7, 11) is 1.76. The lowest BCUT2D eigenvalue weighted by Crippen LogP contribution is -2.54. The summed E-state index contributed by atoms with van der Waals surface area (Å²) in [5.41, 5.74) is -0.648. The Bertz CT molecular complexity index is 672. The second-order valence-corrected chi connectivity index (χ2v) is 7.09. The second kappa shape index (κ2) is 6.85. The molecule has 3 rings (SSSR count). The van der Waals surface area contributed by atoms with E-state index in [4.69, 9.17) is 0 Å². The van der Waals surface area contributed by atoms with E-state index in [1.807, 2.05) is 0 Å². The molecule has 2 heterocycles. The molecule has 0 atom stereocenters. The molecule has 136 valence electrons. The van der Waals surface area contributed by atoms with Gasteiger partial charge < -0.3 is 15.3 Å². The lowest BCUT2D eigenvalue weighted by Gasteiger charge is -2.42. The van der Waals surface area contributed by atoms with Crippen molar-refractivity contribution >= 4 is 17.8 Å². The first-order valence-corrected chi connectivity index (χ1v) is 8.72. The highest BCUT2D eigenvalue weighted by molar-refractivity contribution is 6.02. The van der Waals surface area contributed by atoms with E-state index in [2.05, 4.69) is 10.4 Å². The van der Waals surface area contributed by atoms with Crippen molar-refractivity contribution in [2.24, 2.45) is 18.4 Å². The van der Waals surface area contributed by atoms with Crippen molar-refractivity contribution in [1.82, 2.24) is 20.0 Å². The fourth-order valence-electron chi connectivity index (χ4n) is 3.57. The fraction of sp³-hybridized carbons (Fsp3) is 0.647. The number of carboxylic acid groups (broad SMARTS) is 1. The van der Waals surface area contributed by atoms with Crippen LogP contribution in [0.5, 0.6) is 0 Å². The van der Waals surface area contributed by atoms with E-state index >= 15 is 0 Å². The Balaban J connectivity index is 1.46. The van der Waals surface area contributed by atoms with Gasteiger partial charge in [0.2, 0.25) is 5.91 Å². The number of likely N-dealkylation sites (tertiary alicyclic amines) is 1. The molecule has 0 spiro atoms. The Kier molecular flexibility index (Phi) is 4.78. The van der Waals surface area contributed by atoms with Gasteiger partial charge in [-0.05, 0) is 31.6 Å². The van der Waals surface area contributed by atoms with E-state index in [9.17, 15) is 19.5 Å². The number of aromatic nitrogens is 2. The molecular formula is C17H24N4O4. The smallest absolute Gasteiger partial charge is 0.319 e. The normalized spacial score (nSPS) is 20.0. The van der Waals surface area contributed by atoms with Crippen LogP contribution in [0.1, 0.15) is 42.5 Å². The number of hydrogen-bond acceptors (Lipinski definition) is 4. The molecule has 1 saturated heterocycles. The Hall–Kier alpha value is -2.38. The average molecular weight is 348 g/mol. The molecule has 1 aromatic heterocycles. The summed E-state index contributed by atoms with van der Waals surface area (Å²) in [6.45, 7) is 1.67. The number of amides is 2. The third-order valence-electron chi connectivity index (χ3n) is 5.45. The van der Waals surface area contributed by atoms with Crippen LogP contribution in [-0.4, -0.2) is 57.2 Å². The van der Waals surface area contributed by atoms with Gasteiger partial charge in [0.1, 0.15) is 5.41 Å². The summed E-state index contributed by atoms with van der Waals surface area (Å²) in [6, 6.07) is 0. The number of aliphatic carboxylic acids is 1. The summed E-state index contributed by atoms with van der Waals surface area (Å²) in [5, 5.41) is 16.3. The first-order valence-electron chi connectivity index (χ1n) is 8.72. The third-order valence-corrected chi connectivity index (χ3v) is 5.45. The number of aryl methyl sites for hydroxylation is 1. The summed E-state index contributed by atoms with van der Waals surface area (Å²) in [6.07, 6.45) is 6.43. The maximum atomic E-state index is 12.6. The van der Waals surface area contributed by atoms with E-state index < -0.39 is 11.4 Å². The van der Waals surface area contributed by atoms with Crippen molar-refractivity contribution < 1.29 is 19.5 Å². The van der Waals surface area contributed by atoms with Crippen LogP contribution >= 0.6 is 0 Å². The molecule has 1 aliphatic heterocycles. The molecule has 1 aliphatic carbocycles. The Labute approximate surface area is 146 Å². The van der Waals surface area contributed by atoms with Crippen LogP contribution in [0.15, 0.2) is 12.4 Å². The van der Waals surface area contributed by atoms with Crippen molar-refractivity contribution in [2.75, 3.05) is 19.6 Å². The van der Waals surface area contributed by atoms with E-state index in [0.29, 0.717) is 44.0 Å². The molecule has 2 fully saturated rings. The topological polar surface area (TPSA) is 105 Å². The van der Waals surface area contributed by atoms with Gasteiger partial charge in [0.15, 0.2) is 0 Å². The van der Waals surface area contributed by atoms with Gasteiger partial charge >= 0.3 is 5.97 Å². The standard InChI is InChI=1S/C17H24N4O4/c1-20-11-13(10-19-20)14(22)18-9-12-3-7-21(8-4-12)15(23)17(16(24)25)5-2-6-17/h10-12H,2-9H2,1H3,(H,18,22)(H,24,25). The minimum Gasteiger partial charge on any atom is -0.480 e. The first kappa shape index (κ1) is 17.4. The number of carbonyl (C=O) groups is 3. The highest BCUT2D eigenvalue weighted by Gasteiger charge is 2.53. The zero-order valence-corrected chi connectivity index (χ0v) is 14.4. The van der Waals surface area contributed by atoms with E-state index in [0.717, 1.165) is 19.3 Å². The molecule has 8 heteroatoms. The summed E-state index contributed by atoms with van der Waals surface area (Å²) >= 11 is 0. The zero-order valence-electron chi connectivity index (χ0n) is 14.4. The molecule has 25 heavy (non-hydrogen) atoms. The monoisotopic (exact) mass is 348 g/mol. The summed E-state index contributed by atoms with van der Waals surface area (Å²) in [4.78, 5) is 37.8. The van der Waals surface area contributed by atoms with Gasteiger partial charge in [-0.3, -0.25) is 19.1 Å². The zero-order chi connectivity index (χ0) is 18.0. The average Bonchev–Trinajstić information content (AvgIpc) is 2.98. The van der Waals surface area contributed by atoms with Crippen LogP contribution in [-0.2, 0) is 16.6 Å². The maximum Gasteiger partial charge on any atom is 0.319 e. The van der Waals surface area contributed by atoms with Crippen LogP contribution in [0.4, 0.5) is 0 Å². The van der Waals surface area contributed by atoms with E-state index in [-0.39, 0.29) is 11.8 Å². The summed E-state index contributed by atoms with van der Waals surface area (Å²) in [5.74, 6) is -1.07. The van der Waals surface area contributed by atoms with Crippen LogP contribution in [0.2, 0.25) is 0 Å². The third kappa shape index (κ3) is 3.38. The van der Waals surface area contributed by atoms with Gasteiger partial charge in [-0.2, -0.15) is 5.10 Å². The van der Waals surface area contributed by atoms with Crippen LogP contribution in [0.3, 0.4) is 0 Å². The lowest BCUT2D eigenvalue weighted by atomic mass is 9.67. The highest BCUT2D eigenvalue weighted by atomic mass is 16.4. The van der Waals surface area contributed by atoms with Crippen LogP contribution in [0, 0.1) is 11.3 Å². The van der Waals surface area contributed by atoms with Gasteiger partial charge in [0, 0.05) is 32.9 Å². The number of carboxylic acids is 1. The number of piperidine rings is 1. The van der Waals surface area contributed by atoms with Crippen molar-refractivity contribution in [2.45, 2.75) is 32.1 Å². The molecule has 0 aromatic carbocycles. The van der Waals surface area contributed by atoms with Gasteiger partial charge in [-0.15, -0.1) is 0 Å². The van der Waals surface area contributed by atoms with Crippen molar-refractivity contribution in [3.05, 3.63) is 18.0 Å². The largest absolute Gasteiger partial charge is 0.480 e. The van der Waals surface area contributed by atoms with E-state index in [1.165, 1.54) is 6.20 Å². The predicted molar refractivity (Wildman–Crippen MR) is 88.8 cm³/mol. The van der Waals surface area contributed by atoms with Crippen molar-refractivity contribution in [3.8, 4) is 0 Å². The molecule has 2 N–H and O–H groups in total. The molecular weight excluding hydrogens is 324 g/mol. The lowest BCUT2D eigenvalue weighted by molar-refractivity contribution is -0.168. The number of carbonyl (C=O) groups excluding carboxylic acids is 2. The van der Waals surface area contributed by atoms with E-state index in [1.54, 1.807) is 22.8 Å². The van der Waals surface area contributed by atoms with Crippen molar-refractivity contribution in [1.29, 1.82) is 0 Å². The van der Waals surface area contributed by atoms with Gasteiger partial charge in [0.05, 0.1) is 11.8 Å². The number of hydrogen-bond donors (Lipinski definition) is 2. The van der Waals surface area contributed by atoms with Gasteiger partial charge in [0.25, 0.3) is 5.91 Å². The molecule has 1 saturated carbocycles. The molecule has 0 bridgehead atoms. The Morgan fingerprint density at radius 3 is 2.48 bits per heavy atom. The fourth-order valence-corrected chi connectivity index (χ4v) is 3.57. The van der Waals surface area contributed by atoms with Crippen LogP contribution < -0.4 is 5.32 Å². The summed E-state index contributed by atoms with van der Waals surface area (Å²) < 4.78 is 1.58. The predicted octanol–water partition coefficient (Wildman–Crippen LogP) is 0.643. The minimum atomic E-state index is -1.18. The number of nitrogens with one attached hydrogen (secondary N) is 1. The minimum absolute atomic E-state index is 0.147. The molecule has 8 nitrogen and oxygen atoms in total. The maximum absolute atomic E-state index is 12.6. The number of nitrogens with zero attached hydrogens (tertiary/aromatic N) is 3. The highest BCUT2D eigenvalue weighted by Crippen LogP contribution is 2.43. The molecule has 2 amide bonds. The second-order valence-electron chi connectivity index (χ2n) is 7.09. The SMILES string of the molecule is Cn1cc(C(=O)NCC2CCN(C(=O)C3(C(=O)O)CCC3)CC2)cn1. The molecule has 2 aliphatic rings. The van der Waals surface area contributed by atoms with Crippen molar-refractivity contribution in [3.63, 3.8) is 0 Å². The molecule has 0 unspecified atom stereocenters. The van der Waals surface area contributed by atoms with Gasteiger partial charge in [-0.1, -0.05) is 6.42 Å².